The van der Waals surface area contributed by atoms with Crippen molar-refractivity contribution in [1.82, 2.24) is 19.9 Å². The molecule has 2 aliphatic heterocycles. The second kappa shape index (κ2) is 7.15. The first-order valence-corrected chi connectivity index (χ1v) is 9.40. The molecule has 25 heavy (non-hydrogen) atoms. The van der Waals surface area contributed by atoms with Crippen molar-refractivity contribution in [2.45, 2.75) is 38.5 Å². The minimum Gasteiger partial charge on any atom is -0.364 e. The van der Waals surface area contributed by atoms with Crippen molar-refractivity contribution in [3.05, 3.63) is 34.7 Å². The van der Waals surface area contributed by atoms with Crippen LogP contribution in [-0.4, -0.2) is 51.1 Å². The fourth-order valence-corrected chi connectivity index (χ4v) is 4.38. The van der Waals surface area contributed by atoms with E-state index in [1.165, 1.54) is 4.88 Å². The number of amides is 1. The number of fused-ring (bicyclic) bond motifs is 1. The van der Waals surface area contributed by atoms with Crippen LogP contribution in [0, 0.1) is 12.8 Å². The van der Waals surface area contributed by atoms with E-state index < -0.39 is 6.10 Å². The summed E-state index contributed by atoms with van der Waals surface area (Å²) in [6, 6.07) is 0. The number of hydrogen-bond donors (Lipinski definition) is 1. The van der Waals surface area contributed by atoms with E-state index in [2.05, 4.69) is 32.1 Å². The molecule has 0 aromatic carbocycles. The number of ether oxygens (including phenoxy) is 1. The first kappa shape index (κ1) is 16.6. The molecule has 2 fully saturated rings. The van der Waals surface area contributed by atoms with Gasteiger partial charge >= 0.3 is 0 Å². The molecule has 0 saturated carbocycles. The van der Waals surface area contributed by atoms with Crippen molar-refractivity contribution >= 4 is 23.1 Å². The molecular formula is C17H21N5O2S. The van der Waals surface area contributed by atoms with Gasteiger partial charge < -0.3 is 10.1 Å². The Labute approximate surface area is 150 Å². The minimum atomic E-state index is -0.401. The molecule has 2 aliphatic rings. The summed E-state index contributed by atoms with van der Waals surface area (Å²) in [6.07, 6.45) is 6.25. The van der Waals surface area contributed by atoms with Gasteiger partial charge in [-0.3, -0.25) is 14.7 Å². The lowest BCUT2D eigenvalue weighted by Gasteiger charge is -2.33. The molecule has 0 unspecified atom stereocenters. The Morgan fingerprint density at radius 2 is 2.36 bits per heavy atom. The molecular weight excluding hydrogens is 338 g/mol. The van der Waals surface area contributed by atoms with Crippen LogP contribution in [0.25, 0.3) is 0 Å². The number of likely N-dealkylation sites (tertiary alicyclic amines) is 1. The van der Waals surface area contributed by atoms with Gasteiger partial charge in [-0.15, -0.1) is 11.3 Å². The number of anilines is 1. The van der Waals surface area contributed by atoms with E-state index >= 15 is 0 Å². The van der Waals surface area contributed by atoms with Crippen LogP contribution in [0.1, 0.15) is 23.4 Å². The molecule has 7 nitrogen and oxygen atoms in total. The maximum atomic E-state index is 12.4. The Kier molecular flexibility index (Phi) is 4.74. The van der Waals surface area contributed by atoms with E-state index in [9.17, 15) is 4.79 Å². The predicted octanol–water partition coefficient (Wildman–Crippen LogP) is 1.86. The summed E-state index contributed by atoms with van der Waals surface area (Å²) in [5.41, 5.74) is 3.01. The topological polar surface area (TPSA) is 80.2 Å². The SMILES string of the molecule is Cc1ncsc1CN1CC[C@@H]2C[C@H](C(=O)Nc3cnccn3)O[C@H]2C1. The third-order valence-corrected chi connectivity index (χ3v) is 5.87. The fraction of sp³-hybridized carbons (Fsp3) is 0.529. The summed E-state index contributed by atoms with van der Waals surface area (Å²) in [4.78, 5) is 28.5. The molecule has 1 amide bonds. The molecule has 2 aromatic rings. The zero-order valence-electron chi connectivity index (χ0n) is 14.1. The van der Waals surface area contributed by atoms with Crippen LogP contribution in [0.15, 0.2) is 24.1 Å². The zero-order valence-corrected chi connectivity index (χ0v) is 14.9. The van der Waals surface area contributed by atoms with Gasteiger partial charge in [-0.05, 0) is 32.2 Å². The van der Waals surface area contributed by atoms with E-state index in [4.69, 9.17) is 4.74 Å². The Morgan fingerprint density at radius 1 is 1.44 bits per heavy atom. The predicted molar refractivity (Wildman–Crippen MR) is 94.2 cm³/mol. The van der Waals surface area contributed by atoms with Gasteiger partial charge in [-0.2, -0.15) is 0 Å². The number of carbonyl (C=O) groups is 1. The molecule has 132 valence electrons. The molecule has 2 aromatic heterocycles. The van der Waals surface area contributed by atoms with Crippen LogP contribution >= 0.6 is 11.3 Å². The first-order valence-electron chi connectivity index (χ1n) is 8.52. The number of piperidine rings is 1. The van der Waals surface area contributed by atoms with Gasteiger partial charge in [-0.1, -0.05) is 0 Å². The average Bonchev–Trinajstić information content (AvgIpc) is 3.22. The highest BCUT2D eigenvalue weighted by atomic mass is 32.1. The second-order valence-electron chi connectivity index (χ2n) is 6.62. The Balaban J connectivity index is 1.33. The van der Waals surface area contributed by atoms with Crippen molar-refractivity contribution in [3.63, 3.8) is 0 Å². The number of thiazole rings is 1. The van der Waals surface area contributed by atoms with Gasteiger partial charge in [0.1, 0.15) is 6.10 Å². The molecule has 0 aliphatic carbocycles. The van der Waals surface area contributed by atoms with E-state index in [0.717, 1.165) is 38.2 Å². The summed E-state index contributed by atoms with van der Waals surface area (Å²) in [5.74, 6) is 0.796. The molecule has 0 radical (unpaired) electrons. The summed E-state index contributed by atoms with van der Waals surface area (Å²) in [6.45, 7) is 4.88. The molecule has 0 bridgehead atoms. The molecule has 4 rings (SSSR count). The number of nitrogens with one attached hydrogen (secondary N) is 1. The average molecular weight is 359 g/mol. The largest absolute Gasteiger partial charge is 0.364 e. The Hall–Kier alpha value is -1.90. The standard InChI is InChI=1S/C17H21N5O2S/c1-11-15(25-10-20-11)9-22-5-2-12-6-13(24-14(12)8-22)17(23)21-16-7-18-3-4-19-16/h3-4,7,10,12-14H,2,5-6,8-9H2,1H3,(H,19,21,23)/t12-,13-,14+/m1/s1. The van der Waals surface area contributed by atoms with E-state index in [-0.39, 0.29) is 12.0 Å². The van der Waals surface area contributed by atoms with Gasteiger partial charge in [0.2, 0.25) is 0 Å². The molecule has 0 spiro atoms. The lowest BCUT2D eigenvalue weighted by atomic mass is 9.91. The van der Waals surface area contributed by atoms with Gasteiger partial charge in [0.25, 0.3) is 5.91 Å². The number of aryl methyl sites for hydroxylation is 1. The Morgan fingerprint density at radius 3 is 3.12 bits per heavy atom. The van der Waals surface area contributed by atoms with E-state index in [0.29, 0.717) is 11.7 Å². The van der Waals surface area contributed by atoms with Gasteiger partial charge in [0.15, 0.2) is 5.82 Å². The number of rotatable bonds is 4. The maximum Gasteiger partial charge on any atom is 0.254 e. The Bertz CT molecular complexity index is 738. The lowest BCUT2D eigenvalue weighted by Crippen LogP contribution is -2.41. The number of aromatic nitrogens is 3. The fourth-order valence-electron chi connectivity index (χ4n) is 3.56. The monoisotopic (exact) mass is 359 g/mol. The maximum absolute atomic E-state index is 12.4. The van der Waals surface area contributed by atoms with Crippen LogP contribution in [0.4, 0.5) is 5.82 Å². The summed E-state index contributed by atoms with van der Waals surface area (Å²) >= 11 is 1.70. The first-order chi connectivity index (χ1) is 12.2. The van der Waals surface area contributed by atoms with Crippen molar-refractivity contribution in [2.75, 3.05) is 18.4 Å². The van der Waals surface area contributed by atoms with Crippen molar-refractivity contribution in [2.24, 2.45) is 5.92 Å². The normalized spacial score (nSPS) is 26.4. The number of carbonyl (C=O) groups excluding carboxylic acids is 1. The molecule has 1 N–H and O–H groups in total. The second-order valence-corrected chi connectivity index (χ2v) is 7.56. The van der Waals surface area contributed by atoms with Crippen molar-refractivity contribution in [1.29, 1.82) is 0 Å². The van der Waals surface area contributed by atoms with Crippen LogP contribution in [0.2, 0.25) is 0 Å². The number of nitrogens with zero attached hydrogens (tertiary/aromatic N) is 4. The summed E-state index contributed by atoms with van der Waals surface area (Å²) < 4.78 is 6.06. The van der Waals surface area contributed by atoms with Crippen molar-refractivity contribution < 1.29 is 9.53 Å². The highest BCUT2D eigenvalue weighted by Crippen LogP contribution is 2.34. The third-order valence-electron chi connectivity index (χ3n) is 4.95. The minimum absolute atomic E-state index is 0.125. The van der Waals surface area contributed by atoms with Crippen LogP contribution in [-0.2, 0) is 16.1 Å². The van der Waals surface area contributed by atoms with Crippen LogP contribution in [0.3, 0.4) is 0 Å². The van der Waals surface area contributed by atoms with Gasteiger partial charge in [0, 0.05) is 30.4 Å². The summed E-state index contributed by atoms with van der Waals surface area (Å²) in [5, 5.41) is 2.79. The highest BCUT2D eigenvalue weighted by Gasteiger charge is 2.42. The van der Waals surface area contributed by atoms with Gasteiger partial charge in [0.05, 0.1) is 23.5 Å². The summed E-state index contributed by atoms with van der Waals surface area (Å²) in [7, 11) is 0. The lowest BCUT2D eigenvalue weighted by molar-refractivity contribution is -0.127. The molecule has 2 saturated heterocycles. The third kappa shape index (κ3) is 3.70. The smallest absolute Gasteiger partial charge is 0.254 e. The number of hydrogen-bond acceptors (Lipinski definition) is 7. The highest BCUT2D eigenvalue weighted by molar-refractivity contribution is 7.09. The molecule has 4 heterocycles. The van der Waals surface area contributed by atoms with Crippen LogP contribution < -0.4 is 5.32 Å². The molecule has 3 atom stereocenters. The van der Waals surface area contributed by atoms with E-state index in [1.54, 1.807) is 29.9 Å². The van der Waals surface area contributed by atoms with Gasteiger partial charge in [-0.25, -0.2) is 9.97 Å². The van der Waals surface area contributed by atoms with E-state index in [1.807, 2.05) is 5.51 Å². The zero-order chi connectivity index (χ0) is 17.2. The van der Waals surface area contributed by atoms with Crippen molar-refractivity contribution in [3.8, 4) is 0 Å². The quantitative estimate of drug-likeness (QED) is 0.897. The van der Waals surface area contributed by atoms with Crippen LogP contribution in [0.5, 0.6) is 0 Å². The molecule has 8 heteroatoms.